The predicted molar refractivity (Wildman–Crippen MR) is 78.5 cm³/mol. The Morgan fingerprint density at radius 1 is 1.17 bits per heavy atom. The second-order valence-corrected chi connectivity index (χ2v) is 5.36. The van der Waals surface area contributed by atoms with Gasteiger partial charge in [-0.1, -0.05) is 48.2 Å². The summed E-state index contributed by atoms with van der Waals surface area (Å²) in [7, 11) is 0. The SMILES string of the molecule is C1=c2cc[nH]c2=CCC1/C=C/Sc1ccccc1. The summed E-state index contributed by atoms with van der Waals surface area (Å²) in [5.74, 6) is 0.518. The van der Waals surface area contributed by atoms with Crippen molar-refractivity contribution in [2.45, 2.75) is 11.3 Å². The first-order chi connectivity index (χ1) is 8.92. The number of nitrogens with one attached hydrogen (secondary N) is 1. The van der Waals surface area contributed by atoms with Crippen LogP contribution in [0.5, 0.6) is 0 Å². The van der Waals surface area contributed by atoms with Crippen molar-refractivity contribution in [3.05, 3.63) is 64.6 Å². The Labute approximate surface area is 111 Å². The standard InChI is InChI=1S/C16H15NS/c1-2-4-15(5-3-1)18-11-9-13-6-7-16-14(12-13)8-10-17-16/h1-5,7-13,17H,6H2/b11-9+. The highest BCUT2D eigenvalue weighted by atomic mass is 32.2. The fourth-order valence-electron chi connectivity index (χ4n) is 2.12. The molecular formula is C16H15NS. The fraction of sp³-hybridized carbons (Fsp3) is 0.125. The van der Waals surface area contributed by atoms with Crippen molar-refractivity contribution in [1.29, 1.82) is 0 Å². The molecule has 0 aliphatic heterocycles. The van der Waals surface area contributed by atoms with Gasteiger partial charge in [-0.05, 0) is 41.2 Å². The number of H-pyrrole nitrogens is 1. The van der Waals surface area contributed by atoms with Crippen molar-refractivity contribution in [1.82, 2.24) is 4.98 Å². The van der Waals surface area contributed by atoms with Gasteiger partial charge in [0.25, 0.3) is 0 Å². The van der Waals surface area contributed by atoms with Gasteiger partial charge in [0.05, 0.1) is 0 Å². The molecule has 1 unspecified atom stereocenters. The first kappa shape index (κ1) is 11.4. The van der Waals surface area contributed by atoms with Crippen molar-refractivity contribution >= 4 is 23.9 Å². The van der Waals surface area contributed by atoms with Crippen LogP contribution in [-0.2, 0) is 0 Å². The lowest BCUT2D eigenvalue weighted by molar-refractivity contribution is 0.892. The summed E-state index contributed by atoms with van der Waals surface area (Å²) in [6.07, 6.45) is 9.97. The van der Waals surface area contributed by atoms with Crippen molar-refractivity contribution in [2.24, 2.45) is 5.92 Å². The molecule has 0 spiro atoms. The summed E-state index contributed by atoms with van der Waals surface area (Å²) in [6, 6.07) is 12.6. The zero-order valence-electron chi connectivity index (χ0n) is 10.0. The molecule has 2 aromatic rings. The minimum absolute atomic E-state index is 0.518. The van der Waals surface area contributed by atoms with E-state index in [1.165, 1.54) is 15.5 Å². The van der Waals surface area contributed by atoms with Gasteiger partial charge < -0.3 is 4.98 Å². The maximum atomic E-state index is 3.24. The average Bonchev–Trinajstić information content (AvgIpc) is 2.87. The van der Waals surface area contributed by atoms with Crippen molar-refractivity contribution < 1.29 is 0 Å². The molecule has 1 aromatic carbocycles. The Balaban J connectivity index is 1.68. The molecule has 18 heavy (non-hydrogen) atoms. The third-order valence-electron chi connectivity index (χ3n) is 3.07. The van der Waals surface area contributed by atoms with Crippen LogP contribution in [0.2, 0.25) is 0 Å². The van der Waals surface area contributed by atoms with Crippen LogP contribution in [0.4, 0.5) is 0 Å². The Bertz CT molecular complexity index is 652. The molecule has 3 rings (SSSR count). The van der Waals surface area contributed by atoms with Crippen LogP contribution >= 0.6 is 11.8 Å². The van der Waals surface area contributed by atoms with Crippen LogP contribution < -0.4 is 10.6 Å². The highest BCUT2D eigenvalue weighted by Gasteiger charge is 2.03. The van der Waals surface area contributed by atoms with Crippen LogP contribution in [0.3, 0.4) is 0 Å². The van der Waals surface area contributed by atoms with E-state index in [0.717, 1.165) is 6.42 Å². The summed E-state index contributed by atoms with van der Waals surface area (Å²) in [5.41, 5.74) is 0. The maximum absolute atomic E-state index is 3.24. The van der Waals surface area contributed by atoms with Crippen LogP contribution in [0.1, 0.15) is 6.42 Å². The number of thioether (sulfide) groups is 1. The molecule has 0 bridgehead atoms. The lowest BCUT2D eigenvalue weighted by Gasteiger charge is -2.06. The normalized spacial score (nSPS) is 18.1. The molecule has 1 heterocycles. The Morgan fingerprint density at radius 2 is 2.06 bits per heavy atom. The third kappa shape index (κ3) is 2.59. The summed E-state index contributed by atoms with van der Waals surface area (Å²) in [5, 5.41) is 4.78. The Morgan fingerprint density at radius 3 is 2.94 bits per heavy atom. The molecule has 1 nitrogen and oxygen atoms in total. The first-order valence-electron chi connectivity index (χ1n) is 6.16. The molecule has 1 aliphatic rings. The van der Waals surface area contributed by atoms with Crippen molar-refractivity contribution in [2.75, 3.05) is 0 Å². The average molecular weight is 253 g/mol. The van der Waals surface area contributed by atoms with Crippen LogP contribution in [0.15, 0.2) is 59.0 Å². The number of hydrogen-bond donors (Lipinski definition) is 1. The molecule has 1 aromatic heterocycles. The number of hydrogen-bond acceptors (Lipinski definition) is 1. The van der Waals surface area contributed by atoms with E-state index in [4.69, 9.17) is 0 Å². The van der Waals surface area contributed by atoms with E-state index in [1.807, 2.05) is 12.3 Å². The second kappa shape index (κ2) is 5.32. The summed E-state index contributed by atoms with van der Waals surface area (Å²) in [6.45, 7) is 0. The van der Waals surface area contributed by atoms with Gasteiger partial charge in [0.1, 0.15) is 0 Å². The van der Waals surface area contributed by atoms with Crippen molar-refractivity contribution in [3.63, 3.8) is 0 Å². The second-order valence-electron chi connectivity index (χ2n) is 4.38. The highest BCUT2D eigenvalue weighted by Crippen LogP contribution is 2.20. The topological polar surface area (TPSA) is 15.8 Å². The van der Waals surface area contributed by atoms with Gasteiger partial charge in [0, 0.05) is 16.4 Å². The Hall–Kier alpha value is -1.67. The number of allylic oxidation sites excluding steroid dienone is 1. The molecule has 1 atom stereocenters. The van der Waals surface area contributed by atoms with E-state index < -0.39 is 0 Å². The highest BCUT2D eigenvalue weighted by molar-refractivity contribution is 8.02. The smallest absolute Gasteiger partial charge is 0.0410 e. The number of fused-ring (bicyclic) bond motifs is 1. The lowest BCUT2D eigenvalue weighted by Crippen LogP contribution is -2.26. The Kier molecular flexibility index (Phi) is 3.37. The van der Waals surface area contributed by atoms with Gasteiger partial charge in [-0.15, -0.1) is 0 Å². The van der Waals surface area contributed by atoms with E-state index >= 15 is 0 Å². The molecule has 90 valence electrons. The van der Waals surface area contributed by atoms with Gasteiger partial charge in [0.15, 0.2) is 0 Å². The van der Waals surface area contributed by atoms with Gasteiger partial charge in [-0.3, -0.25) is 0 Å². The molecule has 0 amide bonds. The van der Waals surface area contributed by atoms with E-state index in [0.29, 0.717) is 5.92 Å². The summed E-state index contributed by atoms with van der Waals surface area (Å²) in [4.78, 5) is 4.53. The zero-order valence-corrected chi connectivity index (χ0v) is 10.9. The third-order valence-corrected chi connectivity index (χ3v) is 3.91. The van der Waals surface area contributed by atoms with Crippen LogP contribution in [-0.4, -0.2) is 4.98 Å². The minimum Gasteiger partial charge on any atom is -0.361 e. The predicted octanol–water partition coefficient (Wildman–Crippen LogP) is 2.90. The van der Waals surface area contributed by atoms with E-state index in [2.05, 4.69) is 59.0 Å². The van der Waals surface area contributed by atoms with Gasteiger partial charge >= 0.3 is 0 Å². The lowest BCUT2D eigenvalue weighted by atomic mass is 10.0. The van der Waals surface area contributed by atoms with E-state index in [1.54, 1.807) is 11.8 Å². The molecule has 0 saturated heterocycles. The molecule has 0 saturated carbocycles. The molecular weight excluding hydrogens is 238 g/mol. The van der Waals surface area contributed by atoms with E-state index in [-0.39, 0.29) is 0 Å². The fourth-order valence-corrected chi connectivity index (χ4v) is 2.87. The number of aromatic nitrogens is 1. The molecule has 2 heteroatoms. The largest absolute Gasteiger partial charge is 0.361 e. The van der Waals surface area contributed by atoms with Gasteiger partial charge in [0.2, 0.25) is 0 Å². The molecule has 1 N–H and O–H groups in total. The van der Waals surface area contributed by atoms with Crippen molar-refractivity contribution in [3.8, 4) is 0 Å². The van der Waals surface area contributed by atoms with Crippen LogP contribution in [0, 0.1) is 5.92 Å². The summed E-state index contributed by atoms with van der Waals surface area (Å²) >= 11 is 1.78. The van der Waals surface area contributed by atoms with Gasteiger partial charge in [-0.25, -0.2) is 0 Å². The first-order valence-corrected chi connectivity index (χ1v) is 7.03. The molecule has 0 fully saturated rings. The molecule has 1 aliphatic carbocycles. The van der Waals surface area contributed by atoms with E-state index in [9.17, 15) is 0 Å². The monoisotopic (exact) mass is 253 g/mol. The summed E-state index contributed by atoms with van der Waals surface area (Å²) < 4.78 is 0. The number of rotatable bonds is 3. The zero-order chi connectivity index (χ0) is 12.2. The van der Waals surface area contributed by atoms with Crippen LogP contribution in [0.25, 0.3) is 12.2 Å². The van der Waals surface area contributed by atoms with Gasteiger partial charge in [-0.2, -0.15) is 0 Å². The number of aromatic amines is 1. The minimum atomic E-state index is 0.518. The quantitative estimate of drug-likeness (QED) is 0.832. The number of benzene rings is 1. The maximum Gasteiger partial charge on any atom is 0.0410 e. The molecule has 0 radical (unpaired) electrons.